The molecule has 0 saturated carbocycles. The number of carbonyl (C=O) groups excluding carboxylic acids is 1. The van der Waals surface area contributed by atoms with Gasteiger partial charge < -0.3 is 10.0 Å². The molecule has 24 heavy (non-hydrogen) atoms. The van der Waals surface area contributed by atoms with Crippen molar-refractivity contribution in [3.05, 3.63) is 42.0 Å². The van der Waals surface area contributed by atoms with E-state index >= 15 is 0 Å². The second-order valence-corrected chi connectivity index (χ2v) is 7.77. The van der Waals surface area contributed by atoms with Gasteiger partial charge >= 0.3 is 0 Å². The highest BCUT2D eigenvalue weighted by Crippen LogP contribution is 2.29. The summed E-state index contributed by atoms with van der Waals surface area (Å²) in [6.45, 7) is 4.07. The first-order valence-electron chi connectivity index (χ1n) is 8.71. The fourth-order valence-electron chi connectivity index (χ4n) is 3.25. The molecule has 0 aliphatic carbocycles. The molecule has 0 atom stereocenters. The van der Waals surface area contributed by atoms with Crippen LogP contribution in [0.15, 0.2) is 36.4 Å². The minimum absolute atomic E-state index is 0.0534. The number of hydrogen-bond acceptors (Lipinski definition) is 4. The van der Waals surface area contributed by atoms with Gasteiger partial charge in [0.25, 0.3) is 5.91 Å². The minimum Gasteiger partial charge on any atom is -0.380 e. The van der Waals surface area contributed by atoms with E-state index in [4.69, 9.17) is 0 Å². The second-order valence-electron chi connectivity index (χ2n) is 6.55. The lowest BCUT2D eigenvalue weighted by atomic mass is 9.94. The number of piperazine rings is 1. The zero-order chi connectivity index (χ0) is 16.8. The molecule has 2 saturated heterocycles. The Bertz CT molecular complexity index is 562. The molecule has 5 heteroatoms. The summed E-state index contributed by atoms with van der Waals surface area (Å²) in [6, 6.07) is 10.3. The maximum atomic E-state index is 12.6. The molecule has 1 amide bonds. The van der Waals surface area contributed by atoms with Gasteiger partial charge in [0.1, 0.15) is 5.60 Å². The largest absolute Gasteiger partial charge is 0.380 e. The number of rotatable bonds is 4. The first kappa shape index (κ1) is 17.5. The number of hydrogen-bond donors (Lipinski definition) is 1. The maximum Gasteiger partial charge on any atom is 0.254 e. The smallest absolute Gasteiger partial charge is 0.254 e. The molecular formula is C19H26N2O2S. The highest BCUT2D eigenvalue weighted by atomic mass is 32.2. The zero-order valence-corrected chi connectivity index (χ0v) is 14.9. The highest BCUT2D eigenvalue weighted by molar-refractivity contribution is 7.99. The van der Waals surface area contributed by atoms with Crippen LogP contribution in [0.25, 0.3) is 6.08 Å². The number of aliphatic hydroxyl groups is 1. The van der Waals surface area contributed by atoms with E-state index in [0.29, 0.717) is 25.9 Å². The van der Waals surface area contributed by atoms with Gasteiger partial charge in [-0.25, -0.2) is 0 Å². The third-order valence-electron chi connectivity index (χ3n) is 4.85. The van der Waals surface area contributed by atoms with Gasteiger partial charge in [0.2, 0.25) is 0 Å². The molecule has 1 aromatic carbocycles. The van der Waals surface area contributed by atoms with Gasteiger partial charge in [-0.15, -0.1) is 0 Å². The van der Waals surface area contributed by atoms with E-state index in [-0.39, 0.29) is 5.91 Å². The van der Waals surface area contributed by atoms with Crippen molar-refractivity contribution in [3.8, 4) is 0 Å². The van der Waals surface area contributed by atoms with Crippen molar-refractivity contribution in [1.29, 1.82) is 0 Å². The van der Waals surface area contributed by atoms with Crippen molar-refractivity contribution in [2.45, 2.75) is 18.4 Å². The summed E-state index contributed by atoms with van der Waals surface area (Å²) >= 11 is 1.82. The quantitative estimate of drug-likeness (QED) is 0.907. The summed E-state index contributed by atoms with van der Waals surface area (Å²) in [6.07, 6.45) is 5.51. The van der Waals surface area contributed by atoms with Gasteiger partial charge in [-0.1, -0.05) is 42.5 Å². The predicted octanol–water partition coefficient (Wildman–Crippen LogP) is 2.10. The van der Waals surface area contributed by atoms with Gasteiger partial charge in [-0.3, -0.25) is 9.69 Å². The summed E-state index contributed by atoms with van der Waals surface area (Å²) in [5.74, 6) is 1.71. The molecule has 130 valence electrons. The van der Waals surface area contributed by atoms with Crippen LogP contribution in [0.5, 0.6) is 0 Å². The van der Waals surface area contributed by atoms with Gasteiger partial charge in [0.15, 0.2) is 0 Å². The summed E-state index contributed by atoms with van der Waals surface area (Å²) in [7, 11) is 0. The topological polar surface area (TPSA) is 43.8 Å². The number of thioether (sulfide) groups is 1. The summed E-state index contributed by atoms with van der Waals surface area (Å²) in [5, 5.41) is 10.6. The minimum atomic E-state index is -1.11. The maximum absolute atomic E-state index is 12.6. The molecule has 1 aromatic rings. The molecule has 4 nitrogen and oxygen atoms in total. The molecule has 2 aliphatic heterocycles. The normalized spacial score (nSPS) is 22.0. The van der Waals surface area contributed by atoms with Crippen molar-refractivity contribution in [3.63, 3.8) is 0 Å². The zero-order valence-electron chi connectivity index (χ0n) is 14.1. The van der Waals surface area contributed by atoms with Gasteiger partial charge in [-0.05, 0) is 29.9 Å². The average molecular weight is 346 g/mol. The molecule has 2 fully saturated rings. The van der Waals surface area contributed by atoms with Crippen molar-refractivity contribution in [2.75, 3.05) is 44.2 Å². The first-order valence-corrected chi connectivity index (χ1v) is 9.86. The fourth-order valence-corrected chi connectivity index (χ4v) is 4.42. The Morgan fingerprint density at radius 1 is 1.12 bits per heavy atom. The Labute approximate surface area is 148 Å². The van der Waals surface area contributed by atoms with Crippen LogP contribution in [-0.2, 0) is 4.79 Å². The first-order chi connectivity index (χ1) is 11.7. The number of nitrogens with zero attached hydrogens (tertiary/aromatic N) is 2. The summed E-state index contributed by atoms with van der Waals surface area (Å²) < 4.78 is 0. The SMILES string of the molecule is O=C(N1CCN(C/C=C/c2ccccc2)CC1)C1(O)CCSCC1. The third-order valence-corrected chi connectivity index (χ3v) is 5.84. The van der Waals surface area contributed by atoms with Crippen molar-refractivity contribution in [1.82, 2.24) is 9.80 Å². The molecule has 2 aliphatic rings. The molecule has 1 N–H and O–H groups in total. The summed E-state index contributed by atoms with van der Waals surface area (Å²) in [4.78, 5) is 16.8. The van der Waals surface area contributed by atoms with Gasteiger partial charge in [0, 0.05) is 32.7 Å². The summed E-state index contributed by atoms with van der Waals surface area (Å²) in [5.41, 5.74) is 0.101. The molecular weight excluding hydrogens is 320 g/mol. The lowest BCUT2D eigenvalue weighted by Gasteiger charge is -2.40. The lowest BCUT2D eigenvalue weighted by molar-refractivity contribution is -0.153. The van der Waals surface area contributed by atoms with E-state index < -0.39 is 5.60 Å². The fraction of sp³-hybridized carbons (Fsp3) is 0.526. The van der Waals surface area contributed by atoms with Crippen molar-refractivity contribution in [2.24, 2.45) is 0 Å². The van der Waals surface area contributed by atoms with Crippen LogP contribution in [0.4, 0.5) is 0 Å². The molecule has 0 bridgehead atoms. The van der Waals surface area contributed by atoms with Crippen LogP contribution in [0.3, 0.4) is 0 Å². The second kappa shape index (κ2) is 8.19. The van der Waals surface area contributed by atoms with Crippen LogP contribution in [0, 0.1) is 0 Å². The van der Waals surface area contributed by atoms with E-state index in [2.05, 4.69) is 29.2 Å². The van der Waals surface area contributed by atoms with Crippen LogP contribution in [0.1, 0.15) is 18.4 Å². The van der Waals surface area contributed by atoms with Gasteiger partial charge in [0.05, 0.1) is 0 Å². The number of amides is 1. The molecule has 3 rings (SSSR count). The Kier molecular flexibility index (Phi) is 5.98. The van der Waals surface area contributed by atoms with E-state index in [1.807, 2.05) is 34.9 Å². The monoisotopic (exact) mass is 346 g/mol. The third kappa shape index (κ3) is 4.41. The Morgan fingerprint density at radius 3 is 2.46 bits per heavy atom. The van der Waals surface area contributed by atoms with E-state index in [9.17, 15) is 9.90 Å². The van der Waals surface area contributed by atoms with Crippen LogP contribution in [0.2, 0.25) is 0 Å². The van der Waals surface area contributed by atoms with Crippen LogP contribution < -0.4 is 0 Å². The van der Waals surface area contributed by atoms with E-state index in [0.717, 1.165) is 31.1 Å². The van der Waals surface area contributed by atoms with Crippen LogP contribution in [-0.4, -0.2) is 70.6 Å². The standard InChI is InChI=1S/C19H26N2O2S/c22-18(19(23)8-15-24-16-9-19)21-13-11-20(12-14-21)10-4-7-17-5-2-1-3-6-17/h1-7,23H,8-16H2/b7-4+. The number of benzene rings is 1. The Balaban J connectivity index is 1.45. The average Bonchev–Trinajstić information content (AvgIpc) is 2.63. The highest BCUT2D eigenvalue weighted by Gasteiger charge is 2.40. The Hall–Kier alpha value is -1.30. The molecule has 0 unspecified atom stereocenters. The molecule has 0 radical (unpaired) electrons. The van der Waals surface area contributed by atoms with Crippen molar-refractivity contribution < 1.29 is 9.90 Å². The molecule has 0 spiro atoms. The van der Waals surface area contributed by atoms with Crippen LogP contribution >= 0.6 is 11.8 Å². The van der Waals surface area contributed by atoms with E-state index in [1.165, 1.54) is 5.56 Å². The lowest BCUT2D eigenvalue weighted by Crippen LogP contribution is -2.56. The van der Waals surface area contributed by atoms with Crippen molar-refractivity contribution >= 4 is 23.7 Å². The number of carbonyl (C=O) groups is 1. The predicted molar refractivity (Wildman–Crippen MR) is 100 cm³/mol. The molecule has 0 aromatic heterocycles. The Morgan fingerprint density at radius 2 is 1.79 bits per heavy atom. The van der Waals surface area contributed by atoms with Gasteiger partial charge in [-0.2, -0.15) is 11.8 Å². The van der Waals surface area contributed by atoms with E-state index in [1.54, 1.807) is 0 Å². The molecule has 2 heterocycles.